The van der Waals surface area contributed by atoms with Gasteiger partial charge in [-0.1, -0.05) is 68.8 Å². The molecule has 0 unspecified atom stereocenters. The van der Waals surface area contributed by atoms with Crippen molar-refractivity contribution in [2.45, 2.75) is 31.1 Å². The molecule has 1 aliphatic carbocycles. The topological polar surface area (TPSA) is 63.6 Å². The molecule has 0 atom stereocenters. The summed E-state index contributed by atoms with van der Waals surface area (Å²) in [5.41, 5.74) is 1.91. The number of fused-ring (bicyclic) bond motifs is 1. The molecular weight excluding hydrogens is 370 g/mol. The van der Waals surface area contributed by atoms with Gasteiger partial charge in [0.1, 0.15) is 0 Å². The van der Waals surface area contributed by atoms with E-state index in [1.165, 1.54) is 6.08 Å². The Balaban J connectivity index is 2.07. The van der Waals surface area contributed by atoms with Gasteiger partial charge in [0.25, 0.3) is 10.0 Å². The smallest absolute Gasteiger partial charge is 0.282 e. The van der Waals surface area contributed by atoms with Crippen molar-refractivity contribution in [3.8, 4) is 0 Å². The highest BCUT2D eigenvalue weighted by Gasteiger charge is 2.25. The Hall–Kier alpha value is -2.24. The minimum Gasteiger partial charge on any atom is -0.288 e. The zero-order valence-corrected chi connectivity index (χ0v) is 16.2. The van der Waals surface area contributed by atoms with E-state index in [1.54, 1.807) is 48.5 Å². The fourth-order valence-electron chi connectivity index (χ4n) is 2.68. The maximum absolute atomic E-state index is 12.7. The van der Waals surface area contributed by atoms with Gasteiger partial charge in [-0.25, -0.2) is 0 Å². The van der Waals surface area contributed by atoms with Crippen molar-refractivity contribution in [1.82, 2.24) is 0 Å². The van der Waals surface area contributed by atoms with Gasteiger partial charge < -0.3 is 0 Å². The van der Waals surface area contributed by atoms with E-state index in [0.717, 1.165) is 5.56 Å². The molecule has 134 valence electrons. The van der Waals surface area contributed by atoms with Crippen LogP contribution in [0.1, 0.15) is 42.3 Å². The molecule has 0 saturated heterocycles. The molecule has 0 aromatic heterocycles. The standard InChI is InChI=1S/C20H18ClNO3S/c1-20(2,3)13-8-10-14(11-9-13)26(24,25)22-18-12-17(21)19(23)16-7-5-4-6-15(16)18/h4-12H,1-3H3/b22-18-. The third-order valence-electron chi connectivity index (χ3n) is 4.16. The summed E-state index contributed by atoms with van der Waals surface area (Å²) in [6, 6.07) is 13.3. The molecule has 0 fully saturated rings. The third-order valence-corrected chi connectivity index (χ3v) is 5.75. The number of allylic oxidation sites excluding steroid dienone is 2. The maximum Gasteiger partial charge on any atom is 0.282 e. The number of halogens is 1. The Morgan fingerprint density at radius 2 is 1.50 bits per heavy atom. The number of ketones is 1. The van der Waals surface area contributed by atoms with E-state index in [4.69, 9.17) is 11.6 Å². The van der Waals surface area contributed by atoms with Gasteiger partial charge in [-0.05, 0) is 29.2 Å². The SMILES string of the molecule is CC(C)(C)c1ccc(S(=O)(=O)/N=C2/C=C(Cl)C(=O)c3ccccc32)cc1. The summed E-state index contributed by atoms with van der Waals surface area (Å²) in [7, 11) is -3.93. The van der Waals surface area contributed by atoms with E-state index in [0.29, 0.717) is 11.1 Å². The van der Waals surface area contributed by atoms with Crippen LogP contribution < -0.4 is 0 Å². The van der Waals surface area contributed by atoms with Crippen LogP contribution >= 0.6 is 11.6 Å². The van der Waals surface area contributed by atoms with Crippen LogP contribution in [0.25, 0.3) is 0 Å². The largest absolute Gasteiger partial charge is 0.288 e. The molecule has 0 saturated carbocycles. The monoisotopic (exact) mass is 387 g/mol. The average Bonchev–Trinajstić information content (AvgIpc) is 2.59. The molecule has 4 nitrogen and oxygen atoms in total. The van der Waals surface area contributed by atoms with Crippen molar-refractivity contribution in [2.24, 2.45) is 4.40 Å². The summed E-state index contributed by atoms with van der Waals surface area (Å²) in [4.78, 5) is 12.2. The van der Waals surface area contributed by atoms with Crippen molar-refractivity contribution in [2.75, 3.05) is 0 Å². The maximum atomic E-state index is 12.7. The molecule has 0 heterocycles. The summed E-state index contributed by atoms with van der Waals surface area (Å²) >= 11 is 5.97. The van der Waals surface area contributed by atoms with Gasteiger partial charge in [-0.3, -0.25) is 4.79 Å². The number of carbonyl (C=O) groups excluding carboxylic acids is 1. The molecule has 1 aliphatic rings. The Morgan fingerprint density at radius 1 is 0.923 bits per heavy atom. The van der Waals surface area contributed by atoms with Crippen LogP contribution in [0, 0.1) is 0 Å². The highest BCUT2D eigenvalue weighted by Crippen LogP contribution is 2.27. The number of benzene rings is 2. The number of hydrogen-bond donors (Lipinski definition) is 0. The first-order chi connectivity index (χ1) is 12.1. The lowest BCUT2D eigenvalue weighted by Crippen LogP contribution is -2.16. The number of hydrogen-bond acceptors (Lipinski definition) is 3. The Kier molecular flexibility index (Phi) is 4.63. The van der Waals surface area contributed by atoms with Gasteiger partial charge in [-0.2, -0.15) is 12.8 Å². The first-order valence-corrected chi connectivity index (χ1v) is 9.88. The second-order valence-electron chi connectivity index (χ2n) is 7.09. The fourth-order valence-corrected chi connectivity index (χ4v) is 3.88. The van der Waals surface area contributed by atoms with Gasteiger partial charge >= 0.3 is 0 Å². The van der Waals surface area contributed by atoms with Crippen molar-refractivity contribution < 1.29 is 13.2 Å². The first-order valence-electron chi connectivity index (χ1n) is 8.06. The normalized spacial score (nSPS) is 16.4. The molecule has 0 bridgehead atoms. The van der Waals surface area contributed by atoms with Gasteiger partial charge in [0.2, 0.25) is 5.78 Å². The number of Topliss-reactive ketones (excluding diaryl/α,β-unsaturated/α-hetero) is 1. The van der Waals surface area contributed by atoms with E-state index in [9.17, 15) is 13.2 Å². The van der Waals surface area contributed by atoms with Crippen LogP contribution in [0.2, 0.25) is 0 Å². The second-order valence-corrected chi connectivity index (χ2v) is 9.10. The average molecular weight is 388 g/mol. The summed E-state index contributed by atoms with van der Waals surface area (Å²) in [6.45, 7) is 6.17. The van der Waals surface area contributed by atoms with Crippen LogP contribution in [0.15, 0.2) is 68.9 Å². The molecule has 0 N–H and O–H groups in total. The van der Waals surface area contributed by atoms with Gasteiger partial charge in [0.15, 0.2) is 0 Å². The minimum atomic E-state index is -3.93. The quantitative estimate of drug-likeness (QED) is 0.763. The Morgan fingerprint density at radius 3 is 2.08 bits per heavy atom. The highest BCUT2D eigenvalue weighted by atomic mass is 35.5. The number of sulfonamides is 1. The summed E-state index contributed by atoms with van der Waals surface area (Å²) in [5.74, 6) is -0.340. The molecule has 3 rings (SSSR count). The molecule has 0 spiro atoms. The lowest BCUT2D eigenvalue weighted by Gasteiger charge is -2.19. The first kappa shape index (κ1) is 18.5. The Labute approximate surface area is 158 Å². The zero-order chi connectivity index (χ0) is 19.1. The molecule has 6 heteroatoms. The summed E-state index contributed by atoms with van der Waals surface area (Å²) in [5, 5.41) is -0.0549. The second kappa shape index (κ2) is 6.49. The molecule has 2 aromatic rings. The van der Waals surface area contributed by atoms with E-state index < -0.39 is 10.0 Å². The predicted octanol–water partition coefficient (Wildman–Crippen LogP) is 4.48. The zero-order valence-electron chi connectivity index (χ0n) is 14.7. The van der Waals surface area contributed by atoms with Gasteiger partial charge in [0, 0.05) is 11.1 Å². The fraction of sp³-hybridized carbons (Fsp3) is 0.200. The summed E-state index contributed by atoms with van der Waals surface area (Å²) in [6.07, 6.45) is 1.30. The Bertz CT molecular complexity index is 1040. The molecule has 0 amide bonds. The van der Waals surface area contributed by atoms with E-state index in [1.807, 2.05) is 0 Å². The van der Waals surface area contributed by atoms with E-state index in [2.05, 4.69) is 25.2 Å². The molecule has 0 radical (unpaired) electrons. The minimum absolute atomic E-state index is 0.0549. The number of carbonyl (C=O) groups is 1. The summed E-state index contributed by atoms with van der Waals surface area (Å²) < 4.78 is 29.4. The molecule has 0 aliphatic heterocycles. The van der Waals surface area contributed by atoms with Crippen LogP contribution in [0.3, 0.4) is 0 Å². The lowest BCUT2D eigenvalue weighted by atomic mass is 9.87. The van der Waals surface area contributed by atoms with E-state index >= 15 is 0 Å². The van der Waals surface area contributed by atoms with Crippen LogP contribution in [0.5, 0.6) is 0 Å². The van der Waals surface area contributed by atoms with Crippen LogP contribution in [-0.2, 0) is 15.4 Å². The third kappa shape index (κ3) is 3.50. The van der Waals surface area contributed by atoms with Crippen LogP contribution in [0.4, 0.5) is 0 Å². The van der Waals surface area contributed by atoms with Crippen molar-refractivity contribution in [3.05, 3.63) is 76.3 Å². The molecule has 2 aromatic carbocycles. The number of rotatable bonds is 2. The van der Waals surface area contributed by atoms with Crippen molar-refractivity contribution in [1.29, 1.82) is 0 Å². The lowest BCUT2D eigenvalue weighted by molar-refractivity contribution is 0.104. The predicted molar refractivity (Wildman–Crippen MR) is 104 cm³/mol. The van der Waals surface area contributed by atoms with E-state index in [-0.39, 0.29) is 26.8 Å². The van der Waals surface area contributed by atoms with Crippen molar-refractivity contribution >= 4 is 33.1 Å². The van der Waals surface area contributed by atoms with Crippen LogP contribution in [-0.4, -0.2) is 19.9 Å². The molecular formula is C20H18ClNO3S. The number of nitrogens with zero attached hydrogens (tertiary/aromatic N) is 1. The van der Waals surface area contributed by atoms with Gasteiger partial charge in [0.05, 0.1) is 15.6 Å². The van der Waals surface area contributed by atoms with Crippen molar-refractivity contribution in [3.63, 3.8) is 0 Å². The molecule has 26 heavy (non-hydrogen) atoms. The highest BCUT2D eigenvalue weighted by molar-refractivity contribution is 7.90. The van der Waals surface area contributed by atoms with Gasteiger partial charge in [-0.15, -0.1) is 0 Å².